The fraction of sp³-hybridized carbons (Fsp3) is 0.364. The number of fused-ring (bicyclic) bond motifs is 1. The summed E-state index contributed by atoms with van der Waals surface area (Å²) in [4.78, 5) is 4.23. The third-order valence-electron chi connectivity index (χ3n) is 2.30. The topological polar surface area (TPSA) is 59.1 Å². The highest BCUT2D eigenvalue weighted by Gasteiger charge is 2.12. The van der Waals surface area contributed by atoms with Gasteiger partial charge in [0.2, 0.25) is 10.0 Å². The number of nitrogens with zero attached hydrogens (tertiary/aromatic N) is 1. The van der Waals surface area contributed by atoms with Crippen LogP contribution in [0.15, 0.2) is 24.3 Å². The van der Waals surface area contributed by atoms with Crippen molar-refractivity contribution in [2.24, 2.45) is 0 Å². The normalized spacial score (nSPS) is 11.8. The Morgan fingerprint density at radius 3 is 2.82 bits per heavy atom. The van der Waals surface area contributed by atoms with Crippen molar-refractivity contribution in [3.63, 3.8) is 0 Å². The Morgan fingerprint density at radius 1 is 1.35 bits per heavy atom. The van der Waals surface area contributed by atoms with Crippen molar-refractivity contribution in [3.8, 4) is 0 Å². The van der Waals surface area contributed by atoms with Crippen LogP contribution in [0.3, 0.4) is 0 Å². The lowest BCUT2D eigenvalue weighted by molar-refractivity contribution is 0.598. The Balaban J connectivity index is 2.18. The Labute approximate surface area is 105 Å². The number of rotatable bonds is 5. The van der Waals surface area contributed by atoms with Crippen molar-refractivity contribution in [3.05, 3.63) is 24.3 Å². The van der Waals surface area contributed by atoms with E-state index in [1.54, 1.807) is 0 Å². The van der Waals surface area contributed by atoms with Crippen LogP contribution in [0.5, 0.6) is 0 Å². The van der Waals surface area contributed by atoms with Gasteiger partial charge in [0, 0.05) is 0 Å². The average Bonchev–Trinajstić information content (AvgIpc) is 2.67. The first-order valence-corrected chi connectivity index (χ1v) is 7.93. The molecule has 1 heterocycles. The van der Waals surface area contributed by atoms with Gasteiger partial charge in [-0.1, -0.05) is 36.8 Å². The van der Waals surface area contributed by atoms with Crippen LogP contribution in [0.4, 0.5) is 5.13 Å². The zero-order chi connectivity index (χ0) is 12.3. The minimum atomic E-state index is -3.25. The maximum Gasteiger partial charge on any atom is 0.234 e. The van der Waals surface area contributed by atoms with Gasteiger partial charge in [-0.15, -0.1) is 0 Å². The second-order valence-electron chi connectivity index (χ2n) is 3.76. The molecule has 0 aliphatic heterocycles. The molecule has 92 valence electrons. The lowest BCUT2D eigenvalue weighted by Gasteiger charge is -2.02. The largest absolute Gasteiger partial charge is 0.259 e. The zero-order valence-corrected chi connectivity index (χ0v) is 11.1. The van der Waals surface area contributed by atoms with Crippen LogP contribution in [0.25, 0.3) is 10.2 Å². The van der Waals surface area contributed by atoms with Crippen molar-refractivity contribution < 1.29 is 8.42 Å². The van der Waals surface area contributed by atoms with Crippen LogP contribution >= 0.6 is 11.3 Å². The number of aromatic nitrogens is 1. The van der Waals surface area contributed by atoms with Crippen LogP contribution in [0.1, 0.15) is 19.8 Å². The van der Waals surface area contributed by atoms with Crippen LogP contribution in [0.2, 0.25) is 0 Å². The van der Waals surface area contributed by atoms with Gasteiger partial charge in [0.25, 0.3) is 0 Å². The Bertz CT molecular complexity index is 572. The summed E-state index contributed by atoms with van der Waals surface area (Å²) in [7, 11) is -3.25. The van der Waals surface area contributed by atoms with Gasteiger partial charge in [-0.25, -0.2) is 13.4 Å². The zero-order valence-electron chi connectivity index (χ0n) is 9.51. The number of nitrogens with one attached hydrogen (secondary N) is 1. The first-order chi connectivity index (χ1) is 8.11. The molecule has 4 nitrogen and oxygen atoms in total. The summed E-state index contributed by atoms with van der Waals surface area (Å²) in [6.07, 6.45) is 1.53. The maximum absolute atomic E-state index is 11.7. The molecule has 0 spiro atoms. The van der Waals surface area contributed by atoms with E-state index in [1.807, 2.05) is 31.2 Å². The summed E-state index contributed by atoms with van der Waals surface area (Å²) in [6, 6.07) is 7.60. The molecule has 0 saturated heterocycles. The molecule has 1 aromatic carbocycles. The smallest absolute Gasteiger partial charge is 0.234 e. The first-order valence-electron chi connectivity index (χ1n) is 5.47. The number of sulfonamides is 1. The minimum absolute atomic E-state index is 0.152. The van der Waals surface area contributed by atoms with Crippen molar-refractivity contribution >= 4 is 36.7 Å². The van der Waals surface area contributed by atoms with Gasteiger partial charge in [-0.3, -0.25) is 4.72 Å². The highest BCUT2D eigenvalue weighted by Crippen LogP contribution is 2.26. The molecule has 0 saturated carbocycles. The third kappa shape index (κ3) is 3.17. The van der Waals surface area contributed by atoms with Crippen molar-refractivity contribution in [2.45, 2.75) is 19.8 Å². The monoisotopic (exact) mass is 270 g/mol. The fourth-order valence-corrected chi connectivity index (χ4v) is 3.78. The highest BCUT2D eigenvalue weighted by atomic mass is 32.2. The van der Waals surface area contributed by atoms with E-state index >= 15 is 0 Å². The van der Waals surface area contributed by atoms with Gasteiger partial charge in [0.1, 0.15) is 0 Å². The van der Waals surface area contributed by atoms with Crippen molar-refractivity contribution in [1.29, 1.82) is 0 Å². The number of anilines is 1. The highest BCUT2D eigenvalue weighted by molar-refractivity contribution is 7.92. The summed E-state index contributed by atoms with van der Waals surface area (Å²) in [5, 5.41) is 0.447. The maximum atomic E-state index is 11.7. The van der Waals surface area contributed by atoms with Gasteiger partial charge in [-0.05, 0) is 18.6 Å². The standard InChI is InChI=1S/C11H14N2O2S2/c1-2-3-8-17(14,15)13-11-12-9-6-4-5-7-10(9)16-11/h4-7H,2-3,8H2,1H3,(H,12,13). The molecule has 6 heteroatoms. The second kappa shape index (κ2) is 5.01. The summed E-state index contributed by atoms with van der Waals surface area (Å²) in [6.45, 7) is 1.97. The Hall–Kier alpha value is -1.14. The van der Waals surface area contributed by atoms with E-state index in [9.17, 15) is 8.42 Å². The molecular formula is C11H14N2O2S2. The molecule has 0 radical (unpaired) electrons. The van der Waals surface area contributed by atoms with E-state index in [2.05, 4.69) is 9.71 Å². The molecule has 0 atom stereocenters. The fourth-order valence-electron chi connectivity index (χ4n) is 1.43. The summed E-state index contributed by atoms with van der Waals surface area (Å²) in [5.41, 5.74) is 0.825. The van der Waals surface area contributed by atoms with E-state index in [0.29, 0.717) is 11.6 Å². The first kappa shape index (κ1) is 12.3. The lowest BCUT2D eigenvalue weighted by atomic mass is 10.3. The van der Waals surface area contributed by atoms with Crippen LogP contribution in [0, 0.1) is 0 Å². The quantitative estimate of drug-likeness (QED) is 0.908. The molecule has 2 aromatic rings. The van der Waals surface area contributed by atoms with Crippen LogP contribution < -0.4 is 4.72 Å². The van der Waals surface area contributed by atoms with Crippen molar-refractivity contribution in [2.75, 3.05) is 10.5 Å². The summed E-state index contributed by atoms with van der Waals surface area (Å²) in [5.74, 6) is 0.152. The molecule has 0 aliphatic rings. The molecule has 1 aromatic heterocycles. The number of benzene rings is 1. The van der Waals surface area contributed by atoms with Gasteiger partial charge in [-0.2, -0.15) is 0 Å². The molecule has 0 unspecified atom stereocenters. The van der Waals surface area contributed by atoms with E-state index in [0.717, 1.165) is 16.6 Å². The Morgan fingerprint density at radius 2 is 2.12 bits per heavy atom. The predicted molar refractivity (Wildman–Crippen MR) is 71.9 cm³/mol. The SMILES string of the molecule is CCCCS(=O)(=O)Nc1nc2ccccc2s1. The summed E-state index contributed by atoms with van der Waals surface area (Å²) >= 11 is 1.36. The predicted octanol–water partition coefficient (Wildman–Crippen LogP) is 2.84. The lowest BCUT2D eigenvalue weighted by Crippen LogP contribution is -2.16. The van der Waals surface area contributed by atoms with E-state index in [4.69, 9.17) is 0 Å². The average molecular weight is 270 g/mol. The number of hydrogen-bond acceptors (Lipinski definition) is 4. The molecular weight excluding hydrogens is 256 g/mol. The number of hydrogen-bond donors (Lipinski definition) is 1. The molecule has 0 bridgehead atoms. The molecule has 2 rings (SSSR count). The molecule has 0 aliphatic carbocycles. The van der Waals surface area contributed by atoms with E-state index in [1.165, 1.54) is 11.3 Å². The van der Waals surface area contributed by atoms with E-state index < -0.39 is 10.0 Å². The summed E-state index contributed by atoms with van der Waals surface area (Å²) < 4.78 is 26.9. The third-order valence-corrected chi connectivity index (χ3v) is 4.71. The molecule has 0 amide bonds. The van der Waals surface area contributed by atoms with Crippen molar-refractivity contribution in [1.82, 2.24) is 4.98 Å². The Kier molecular flexibility index (Phi) is 3.63. The second-order valence-corrected chi connectivity index (χ2v) is 6.63. The van der Waals surface area contributed by atoms with Gasteiger partial charge >= 0.3 is 0 Å². The minimum Gasteiger partial charge on any atom is -0.259 e. The molecule has 1 N–H and O–H groups in total. The van der Waals surface area contributed by atoms with Crippen LogP contribution in [-0.4, -0.2) is 19.2 Å². The van der Waals surface area contributed by atoms with Gasteiger partial charge in [0.15, 0.2) is 5.13 Å². The van der Waals surface area contributed by atoms with E-state index in [-0.39, 0.29) is 5.75 Å². The number of para-hydroxylation sites is 1. The molecule has 0 fully saturated rings. The van der Waals surface area contributed by atoms with Crippen LogP contribution in [-0.2, 0) is 10.0 Å². The number of unbranched alkanes of at least 4 members (excludes halogenated alkanes) is 1. The van der Waals surface area contributed by atoms with Gasteiger partial charge < -0.3 is 0 Å². The van der Waals surface area contributed by atoms with Gasteiger partial charge in [0.05, 0.1) is 16.0 Å². The molecule has 17 heavy (non-hydrogen) atoms. The number of thiazole rings is 1.